The van der Waals surface area contributed by atoms with Crippen LogP contribution in [0.15, 0.2) is 0 Å². The second kappa shape index (κ2) is 3.90. The van der Waals surface area contributed by atoms with Crippen LogP contribution >= 0.6 is 11.3 Å². The molecule has 2 N–H and O–H groups in total. The minimum atomic E-state index is -2.67. The molecule has 0 atom stereocenters. The third-order valence-corrected chi connectivity index (χ3v) is 3.75. The first kappa shape index (κ1) is 11.7. The van der Waals surface area contributed by atoms with E-state index < -0.39 is 12.2 Å². The van der Waals surface area contributed by atoms with E-state index >= 15 is 0 Å². The van der Waals surface area contributed by atoms with Gasteiger partial charge in [0.25, 0.3) is 5.92 Å². The van der Waals surface area contributed by atoms with E-state index in [-0.39, 0.29) is 19.5 Å². The monoisotopic (exact) mass is 250 g/mol. The van der Waals surface area contributed by atoms with E-state index in [1.807, 2.05) is 0 Å². The van der Waals surface area contributed by atoms with E-state index in [1.165, 1.54) is 4.90 Å². The number of aryl methyl sites for hydroxylation is 1. The molecule has 0 amide bonds. The van der Waals surface area contributed by atoms with Crippen molar-refractivity contribution in [1.29, 1.82) is 0 Å². The van der Waals surface area contributed by atoms with E-state index in [0.29, 0.717) is 15.7 Å². The summed E-state index contributed by atoms with van der Waals surface area (Å²) in [4.78, 5) is 5.86. The summed E-state index contributed by atoms with van der Waals surface area (Å²) in [6.45, 7) is 1.53. The molecule has 1 aromatic heterocycles. The van der Waals surface area contributed by atoms with Crippen LogP contribution in [0.2, 0.25) is 0 Å². The predicted molar refractivity (Wildman–Crippen MR) is 55.8 cm³/mol. The molecule has 0 radical (unpaired) electrons. The molecule has 1 saturated heterocycles. The van der Waals surface area contributed by atoms with E-state index in [4.69, 9.17) is 10.2 Å². The number of hydrogen-bond donors (Lipinski definition) is 2. The molecule has 1 fully saturated rings. The smallest absolute Gasteiger partial charge is 0.267 e. The van der Waals surface area contributed by atoms with Crippen molar-refractivity contribution in [3.8, 4) is 0 Å². The summed E-state index contributed by atoms with van der Waals surface area (Å²) in [6.07, 6.45) is -1.77. The average Bonchev–Trinajstić information content (AvgIpc) is 2.69. The highest BCUT2D eigenvalue weighted by Gasteiger charge is 2.39. The molecule has 1 aliphatic rings. The van der Waals surface area contributed by atoms with Gasteiger partial charge in [0.05, 0.1) is 17.1 Å². The van der Waals surface area contributed by atoms with Crippen LogP contribution in [0.1, 0.15) is 23.3 Å². The van der Waals surface area contributed by atoms with Gasteiger partial charge in [-0.25, -0.2) is 13.8 Å². The Kier molecular flexibility index (Phi) is 2.85. The first-order valence-corrected chi connectivity index (χ1v) is 5.67. The van der Waals surface area contributed by atoms with Crippen LogP contribution in [-0.4, -0.2) is 34.2 Å². The van der Waals surface area contributed by atoms with Gasteiger partial charge in [-0.05, 0) is 6.92 Å². The zero-order valence-electron chi connectivity index (χ0n) is 8.65. The van der Waals surface area contributed by atoms with E-state index in [0.717, 1.165) is 11.3 Å². The Balaban J connectivity index is 2.20. The predicted octanol–water partition coefficient (Wildman–Crippen LogP) is 1.28. The number of anilines is 1. The lowest BCUT2D eigenvalue weighted by molar-refractivity contribution is -0.0401. The number of hydrogen-bond acceptors (Lipinski definition) is 5. The van der Waals surface area contributed by atoms with E-state index in [9.17, 15) is 8.78 Å². The van der Waals surface area contributed by atoms with Gasteiger partial charge in [0, 0.05) is 13.0 Å². The summed E-state index contributed by atoms with van der Waals surface area (Å²) < 4.78 is 26.0. The van der Waals surface area contributed by atoms with E-state index in [1.54, 1.807) is 6.92 Å². The zero-order valence-corrected chi connectivity index (χ0v) is 9.47. The molecule has 4 nitrogen and oxygen atoms in total. The van der Waals surface area contributed by atoms with Gasteiger partial charge in [0.2, 0.25) is 0 Å². The van der Waals surface area contributed by atoms with Crippen molar-refractivity contribution in [3.63, 3.8) is 0 Å². The topological polar surface area (TPSA) is 56.6 Å². The molecule has 0 aromatic carbocycles. The number of aliphatic hydroxyl groups is 2. The summed E-state index contributed by atoms with van der Waals surface area (Å²) in [5, 5.41) is 18.5. The molecule has 7 heteroatoms. The van der Waals surface area contributed by atoms with Crippen molar-refractivity contribution in [1.82, 2.24) is 4.98 Å². The second-order valence-electron chi connectivity index (χ2n) is 3.85. The lowest BCUT2D eigenvalue weighted by atomic mass is 10.3. The second-order valence-corrected chi connectivity index (χ2v) is 4.86. The highest BCUT2D eigenvalue weighted by atomic mass is 32.1. The molecule has 90 valence electrons. The summed E-state index contributed by atoms with van der Waals surface area (Å²) in [5.41, 5.74) is 0.477. The largest absolute Gasteiger partial charge is 0.364 e. The van der Waals surface area contributed by atoms with Crippen molar-refractivity contribution in [3.05, 3.63) is 10.6 Å². The van der Waals surface area contributed by atoms with Crippen LogP contribution in [0, 0.1) is 6.92 Å². The molecule has 1 aromatic rings. The van der Waals surface area contributed by atoms with Crippen LogP contribution in [0.5, 0.6) is 0 Å². The van der Waals surface area contributed by atoms with Crippen LogP contribution in [-0.2, 0) is 0 Å². The Hall–Kier alpha value is -0.790. The standard InChI is InChI=1S/C9H12F2N2O2S/c1-5-6(7(14)15)16-8(12-5)13-3-2-9(10,11)4-13/h7,14-15H,2-4H2,1H3. The SMILES string of the molecule is Cc1nc(N2CCC(F)(F)C2)sc1C(O)O. The molecular weight excluding hydrogens is 238 g/mol. The fourth-order valence-electron chi connectivity index (χ4n) is 1.67. The minimum absolute atomic E-state index is 0.178. The van der Waals surface area contributed by atoms with Gasteiger partial charge in [0.1, 0.15) is 0 Å². The van der Waals surface area contributed by atoms with E-state index in [2.05, 4.69) is 4.98 Å². The first-order valence-electron chi connectivity index (χ1n) is 4.85. The molecule has 2 rings (SSSR count). The Bertz CT molecular complexity index is 395. The summed E-state index contributed by atoms with van der Waals surface area (Å²) in [7, 11) is 0. The normalized spacial score (nSPS) is 19.8. The van der Waals surface area contributed by atoms with Crippen LogP contribution in [0.3, 0.4) is 0 Å². The lowest BCUT2D eigenvalue weighted by Gasteiger charge is -2.13. The van der Waals surface area contributed by atoms with Gasteiger partial charge in [0.15, 0.2) is 11.4 Å². The molecule has 0 saturated carbocycles. The van der Waals surface area contributed by atoms with Gasteiger partial charge in [-0.2, -0.15) is 0 Å². The molecule has 0 spiro atoms. The maximum atomic E-state index is 13.0. The quantitative estimate of drug-likeness (QED) is 0.776. The molecule has 1 aliphatic heterocycles. The Morgan fingerprint density at radius 1 is 1.50 bits per heavy atom. The fourth-order valence-corrected chi connectivity index (χ4v) is 2.63. The van der Waals surface area contributed by atoms with Crippen molar-refractivity contribution >= 4 is 16.5 Å². The van der Waals surface area contributed by atoms with Gasteiger partial charge < -0.3 is 15.1 Å². The van der Waals surface area contributed by atoms with Gasteiger partial charge >= 0.3 is 0 Å². The minimum Gasteiger partial charge on any atom is -0.364 e. The Labute approximate surface area is 95.2 Å². The summed E-state index contributed by atoms with van der Waals surface area (Å²) >= 11 is 1.05. The fraction of sp³-hybridized carbons (Fsp3) is 0.667. The highest BCUT2D eigenvalue weighted by Crippen LogP contribution is 2.35. The molecular formula is C9H12F2N2O2S. The van der Waals surface area contributed by atoms with Gasteiger partial charge in [-0.15, -0.1) is 0 Å². The molecule has 16 heavy (non-hydrogen) atoms. The lowest BCUT2D eigenvalue weighted by Crippen LogP contribution is -2.24. The molecule has 2 heterocycles. The van der Waals surface area contributed by atoms with Crippen LogP contribution < -0.4 is 4.90 Å². The third kappa shape index (κ3) is 2.16. The molecule has 0 bridgehead atoms. The third-order valence-electron chi connectivity index (χ3n) is 2.50. The first-order chi connectivity index (χ1) is 7.39. The number of thiazole rings is 1. The van der Waals surface area contributed by atoms with Crippen LogP contribution in [0.25, 0.3) is 0 Å². The maximum Gasteiger partial charge on any atom is 0.267 e. The van der Waals surface area contributed by atoms with Crippen molar-refractivity contribution in [2.75, 3.05) is 18.0 Å². The molecule has 0 unspecified atom stereocenters. The van der Waals surface area contributed by atoms with Gasteiger partial charge in [-0.3, -0.25) is 0 Å². The summed E-state index contributed by atoms with van der Waals surface area (Å²) in [5.74, 6) is -2.67. The number of nitrogens with zero attached hydrogens (tertiary/aromatic N) is 2. The number of aliphatic hydroxyl groups excluding tert-OH is 1. The van der Waals surface area contributed by atoms with Crippen molar-refractivity contribution in [2.24, 2.45) is 0 Å². The number of rotatable bonds is 2. The Morgan fingerprint density at radius 2 is 2.19 bits per heavy atom. The number of alkyl halides is 2. The zero-order chi connectivity index (χ0) is 11.9. The highest BCUT2D eigenvalue weighted by molar-refractivity contribution is 7.15. The Morgan fingerprint density at radius 3 is 2.62 bits per heavy atom. The van der Waals surface area contributed by atoms with Crippen LogP contribution in [0.4, 0.5) is 13.9 Å². The average molecular weight is 250 g/mol. The number of halogens is 2. The summed E-state index contributed by atoms with van der Waals surface area (Å²) in [6, 6.07) is 0. The van der Waals surface area contributed by atoms with Crippen molar-refractivity contribution in [2.45, 2.75) is 25.6 Å². The maximum absolute atomic E-state index is 13.0. The van der Waals surface area contributed by atoms with Crippen molar-refractivity contribution < 1.29 is 19.0 Å². The number of aromatic nitrogens is 1. The van der Waals surface area contributed by atoms with Gasteiger partial charge in [-0.1, -0.05) is 11.3 Å². The molecule has 0 aliphatic carbocycles.